The summed E-state index contributed by atoms with van der Waals surface area (Å²) in [4.78, 5) is 0. The third-order valence-electron chi connectivity index (χ3n) is 0.879. The molecule has 0 amide bonds. The molecule has 0 aromatic heterocycles. The van der Waals surface area contributed by atoms with Crippen molar-refractivity contribution in [2.24, 2.45) is 0 Å². The van der Waals surface area contributed by atoms with E-state index in [1.807, 2.05) is 13.8 Å². The average Bonchev–Trinajstić information content (AvgIpc) is 1.99. The Bertz CT molecular complexity index is 117. The van der Waals surface area contributed by atoms with E-state index < -0.39 is 6.10 Å². The van der Waals surface area contributed by atoms with Gasteiger partial charge in [-0.2, -0.15) is 0 Å². The first-order valence-electron chi connectivity index (χ1n) is 4.42. The van der Waals surface area contributed by atoms with Crippen molar-refractivity contribution in [1.29, 1.82) is 0 Å². The Hall–Kier alpha value is -0.380. The summed E-state index contributed by atoms with van der Waals surface area (Å²) in [7, 11) is 0. The highest BCUT2D eigenvalue weighted by Crippen LogP contribution is 1.90. The maximum atomic E-state index is 8.69. The highest BCUT2D eigenvalue weighted by Gasteiger charge is 2.00. The van der Waals surface area contributed by atoms with E-state index in [0.29, 0.717) is 6.61 Å². The fourth-order valence-corrected chi connectivity index (χ4v) is 0.356. The van der Waals surface area contributed by atoms with Crippen LogP contribution in [0.3, 0.4) is 0 Å². The third-order valence-corrected chi connectivity index (χ3v) is 0.879. The highest BCUT2D eigenvalue weighted by atomic mass is 16.5. The zero-order valence-electron chi connectivity index (χ0n) is 9.08. The van der Waals surface area contributed by atoms with E-state index in [1.54, 1.807) is 13.8 Å². The predicted molar refractivity (Wildman–Crippen MR) is 54.7 cm³/mol. The number of hydrogen-bond donors (Lipinski definition) is 2. The zero-order chi connectivity index (χ0) is 10.9. The molecule has 0 heterocycles. The third kappa shape index (κ3) is 24.5. The van der Waals surface area contributed by atoms with Gasteiger partial charge in [-0.1, -0.05) is 5.57 Å². The van der Waals surface area contributed by atoms with Gasteiger partial charge < -0.3 is 14.9 Å². The Morgan fingerprint density at radius 3 is 2.00 bits per heavy atom. The van der Waals surface area contributed by atoms with Gasteiger partial charge in [0, 0.05) is 0 Å². The second-order valence-electron chi connectivity index (χ2n) is 3.38. The summed E-state index contributed by atoms with van der Waals surface area (Å²) < 4.78 is 4.95. The summed E-state index contributed by atoms with van der Waals surface area (Å²) in [6, 6.07) is 0. The van der Waals surface area contributed by atoms with Gasteiger partial charge in [0.05, 0.1) is 25.4 Å². The molecule has 0 rings (SSSR count). The Balaban J connectivity index is 0. The number of aliphatic hydroxyl groups is 2. The topological polar surface area (TPSA) is 49.7 Å². The van der Waals surface area contributed by atoms with E-state index in [-0.39, 0.29) is 12.7 Å². The van der Waals surface area contributed by atoms with Crippen LogP contribution < -0.4 is 0 Å². The van der Waals surface area contributed by atoms with Crippen LogP contribution in [-0.4, -0.2) is 35.6 Å². The second-order valence-corrected chi connectivity index (χ2v) is 3.38. The van der Waals surface area contributed by atoms with Crippen LogP contribution in [0, 0.1) is 0 Å². The fraction of sp³-hybridized carbons (Fsp3) is 0.800. The molecule has 3 nitrogen and oxygen atoms in total. The molecule has 0 radical (unpaired) electrons. The number of aliphatic hydroxyl groups excluding tert-OH is 2. The molecular weight excluding hydrogens is 168 g/mol. The van der Waals surface area contributed by atoms with E-state index in [2.05, 4.69) is 6.58 Å². The summed E-state index contributed by atoms with van der Waals surface area (Å²) in [5.74, 6) is 0. The molecule has 0 aliphatic heterocycles. The lowest BCUT2D eigenvalue weighted by molar-refractivity contribution is -0.0177. The lowest BCUT2D eigenvalue weighted by Crippen LogP contribution is -2.19. The minimum Gasteiger partial charge on any atom is -0.394 e. The van der Waals surface area contributed by atoms with Crippen molar-refractivity contribution in [3.63, 3.8) is 0 Å². The summed E-state index contributed by atoms with van der Waals surface area (Å²) in [6.45, 7) is 11.2. The van der Waals surface area contributed by atoms with Gasteiger partial charge in [-0.15, -0.1) is 6.58 Å². The molecule has 0 aromatic carbocycles. The van der Waals surface area contributed by atoms with Crippen molar-refractivity contribution in [3.8, 4) is 0 Å². The van der Waals surface area contributed by atoms with Crippen LogP contribution in [0.25, 0.3) is 0 Å². The van der Waals surface area contributed by atoms with Crippen LogP contribution in [0.2, 0.25) is 0 Å². The lowest BCUT2D eigenvalue weighted by atomic mass is 10.4. The van der Waals surface area contributed by atoms with Crippen molar-refractivity contribution >= 4 is 0 Å². The van der Waals surface area contributed by atoms with E-state index in [1.165, 1.54) is 5.57 Å². The van der Waals surface area contributed by atoms with Gasteiger partial charge in [0.1, 0.15) is 0 Å². The molecule has 2 unspecified atom stereocenters. The molecule has 0 saturated heterocycles. The van der Waals surface area contributed by atoms with E-state index in [9.17, 15) is 0 Å². The molecule has 2 N–H and O–H groups in total. The van der Waals surface area contributed by atoms with Crippen molar-refractivity contribution in [1.82, 2.24) is 0 Å². The van der Waals surface area contributed by atoms with Crippen molar-refractivity contribution < 1.29 is 14.9 Å². The lowest BCUT2D eigenvalue weighted by Gasteiger charge is -2.10. The number of allylic oxidation sites excluding steroid dienone is 1. The van der Waals surface area contributed by atoms with E-state index in [0.717, 1.165) is 0 Å². The molecule has 0 spiro atoms. The Kier molecular flexibility index (Phi) is 11.3. The van der Waals surface area contributed by atoms with Gasteiger partial charge in [-0.05, 0) is 27.7 Å². The highest BCUT2D eigenvalue weighted by molar-refractivity contribution is 4.78. The number of ether oxygens (including phenoxy) is 1. The Morgan fingerprint density at radius 1 is 1.38 bits per heavy atom. The largest absolute Gasteiger partial charge is 0.394 e. The molecule has 0 fully saturated rings. The first-order valence-corrected chi connectivity index (χ1v) is 4.42. The van der Waals surface area contributed by atoms with E-state index >= 15 is 0 Å². The maximum Gasteiger partial charge on any atom is 0.0779 e. The van der Waals surface area contributed by atoms with Gasteiger partial charge in [0.25, 0.3) is 0 Å². The van der Waals surface area contributed by atoms with Crippen molar-refractivity contribution in [3.05, 3.63) is 12.2 Å². The first-order chi connectivity index (χ1) is 5.90. The minimum atomic E-state index is -0.445. The molecule has 2 atom stereocenters. The van der Waals surface area contributed by atoms with Gasteiger partial charge in [0.15, 0.2) is 0 Å². The van der Waals surface area contributed by atoms with Crippen LogP contribution in [0.4, 0.5) is 0 Å². The van der Waals surface area contributed by atoms with Crippen LogP contribution in [0.1, 0.15) is 27.7 Å². The molecule has 0 aromatic rings. The molecule has 0 saturated carbocycles. The van der Waals surface area contributed by atoms with Crippen LogP contribution in [0.15, 0.2) is 12.2 Å². The molecule has 3 heteroatoms. The molecule has 80 valence electrons. The van der Waals surface area contributed by atoms with Gasteiger partial charge in [0.2, 0.25) is 0 Å². The maximum absolute atomic E-state index is 8.69. The molecule has 0 aliphatic carbocycles. The summed E-state index contributed by atoms with van der Waals surface area (Å²) in [6.07, 6.45) is -0.612. The molecule has 0 aliphatic rings. The summed E-state index contributed by atoms with van der Waals surface area (Å²) in [5.41, 5.74) is 1.17. The van der Waals surface area contributed by atoms with Gasteiger partial charge >= 0.3 is 0 Å². The van der Waals surface area contributed by atoms with Crippen LogP contribution >= 0.6 is 0 Å². The number of hydrogen-bond acceptors (Lipinski definition) is 3. The Labute approximate surface area is 81.0 Å². The van der Waals surface area contributed by atoms with Gasteiger partial charge in [-0.3, -0.25) is 0 Å². The monoisotopic (exact) mass is 190 g/mol. The quantitative estimate of drug-likeness (QED) is 0.658. The molecular formula is C10H22O3. The molecule has 0 bridgehead atoms. The average molecular weight is 190 g/mol. The van der Waals surface area contributed by atoms with Gasteiger partial charge in [-0.25, -0.2) is 0 Å². The Morgan fingerprint density at radius 2 is 1.77 bits per heavy atom. The van der Waals surface area contributed by atoms with Crippen molar-refractivity contribution in [2.45, 2.75) is 39.9 Å². The predicted octanol–water partition coefficient (Wildman–Crippen LogP) is 1.35. The van der Waals surface area contributed by atoms with Crippen LogP contribution in [0.5, 0.6) is 0 Å². The minimum absolute atomic E-state index is 0.00667. The fourth-order valence-electron chi connectivity index (χ4n) is 0.356. The SMILES string of the molecule is C=C(C)C.CC(O)COC(C)CO. The molecule has 13 heavy (non-hydrogen) atoms. The summed E-state index contributed by atoms with van der Waals surface area (Å²) in [5, 5.41) is 17.1. The second kappa shape index (κ2) is 9.71. The summed E-state index contributed by atoms with van der Waals surface area (Å²) >= 11 is 0. The standard InChI is InChI=1S/C6H14O3.C4H8/c1-5(8)4-9-6(2)3-7;1-4(2)3/h5-8H,3-4H2,1-2H3;1H2,2-3H3. The van der Waals surface area contributed by atoms with Crippen molar-refractivity contribution in [2.75, 3.05) is 13.2 Å². The van der Waals surface area contributed by atoms with E-state index in [4.69, 9.17) is 14.9 Å². The smallest absolute Gasteiger partial charge is 0.0779 e. The number of rotatable bonds is 4. The first kappa shape index (κ1) is 15.1. The normalized spacial score (nSPS) is 14.0. The van der Waals surface area contributed by atoms with Crippen LogP contribution in [-0.2, 0) is 4.74 Å². The zero-order valence-corrected chi connectivity index (χ0v) is 9.08.